The molecule has 230 valence electrons. The molecule has 4 aromatic rings. The van der Waals surface area contributed by atoms with Crippen molar-refractivity contribution in [1.29, 1.82) is 0 Å². The quantitative estimate of drug-likeness (QED) is 0.192. The van der Waals surface area contributed by atoms with Crippen molar-refractivity contribution in [2.24, 2.45) is 0 Å². The highest BCUT2D eigenvalue weighted by Crippen LogP contribution is 2.27. The number of amides is 2. The fourth-order valence-corrected chi connectivity index (χ4v) is 6.40. The first-order valence-corrected chi connectivity index (χ1v) is 16.4. The zero-order valence-electron chi connectivity index (χ0n) is 24.8. The van der Waals surface area contributed by atoms with Crippen LogP contribution >= 0.6 is 15.9 Å². The molecule has 0 heterocycles. The van der Waals surface area contributed by atoms with Gasteiger partial charge in [0.1, 0.15) is 18.4 Å². The number of carbonyl (C=O) groups is 2. The lowest BCUT2D eigenvalue weighted by Gasteiger charge is -2.34. The van der Waals surface area contributed by atoms with Gasteiger partial charge in [-0.1, -0.05) is 82.2 Å². The van der Waals surface area contributed by atoms with E-state index in [1.54, 1.807) is 54.6 Å². The number of sulfonamides is 1. The number of aryl methyl sites for hydroxylation is 1. The van der Waals surface area contributed by atoms with Gasteiger partial charge < -0.3 is 10.2 Å². The SMILES string of the molecule is Cc1ccc(S(=O)(=O)N(CC(=O)N(Cc2ccccc2F)C(Cc2ccccc2)C(=O)NC(C)C)c2ccc(Br)cc2)cc1. The van der Waals surface area contributed by atoms with Crippen LogP contribution in [0.15, 0.2) is 112 Å². The van der Waals surface area contributed by atoms with Crippen molar-refractivity contribution in [2.45, 2.75) is 50.7 Å². The maximum Gasteiger partial charge on any atom is 0.264 e. The first-order valence-electron chi connectivity index (χ1n) is 14.2. The van der Waals surface area contributed by atoms with Crippen LogP contribution in [-0.4, -0.2) is 43.8 Å². The molecule has 10 heteroatoms. The van der Waals surface area contributed by atoms with Crippen molar-refractivity contribution in [1.82, 2.24) is 10.2 Å². The molecule has 44 heavy (non-hydrogen) atoms. The molecular weight excluding hydrogens is 645 g/mol. The summed E-state index contributed by atoms with van der Waals surface area (Å²) in [5.41, 5.74) is 2.14. The summed E-state index contributed by atoms with van der Waals surface area (Å²) in [7, 11) is -4.22. The number of hydrogen-bond acceptors (Lipinski definition) is 4. The highest BCUT2D eigenvalue weighted by atomic mass is 79.9. The Bertz CT molecular complexity index is 1680. The van der Waals surface area contributed by atoms with E-state index in [9.17, 15) is 22.4 Å². The first kappa shape index (κ1) is 32.9. The normalized spacial score (nSPS) is 12.0. The van der Waals surface area contributed by atoms with Gasteiger partial charge in [-0.3, -0.25) is 13.9 Å². The standard InChI is InChI=1S/C34H35BrFN3O4S/c1-24(2)37-34(41)32(21-26-9-5-4-6-10-26)38(22-27-11-7-8-12-31(27)36)33(40)23-39(29-17-15-28(35)16-18-29)44(42,43)30-19-13-25(3)14-20-30/h4-20,24,32H,21-23H2,1-3H3,(H,37,41). The van der Waals surface area contributed by atoms with Crippen molar-refractivity contribution in [3.05, 3.63) is 130 Å². The number of anilines is 1. The monoisotopic (exact) mass is 679 g/mol. The van der Waals surface area contributed by atoms with Gasteiger partial charge in [-0.15, -0.1) is 0 Å². The van der Waals surface area contributed by atoms with Crippen molar-refractivity contribution in [2.75, 3.05) is 10.8 Å². The second kappa shape index (κ2) is 14.6. The highest BCUT2D eigenvalue weighted by Gasteiger charge is 2.35. The Morgan fingerprint density at radius 1 is 0.864 bits per heavy atom. The Balaban J connectivity index is 1.81. The number of hydrogen-bond donors (Lipinski definition) is 1. The third-order valence-electron chi connectivity index (χ3n) is 7.00. The van der Waals surface area contributed by atoms with E-state index in [0.717, 1.165) is 19.9 Å². The van der Waals surface area contributed by atoms with Crippen molar-refractivity contribution in [3.63, 3.8) is 0 Å². The van der Waals surface area contributed by atoms with Gasteiger partial charge in [0.25, 0.3) is 10.0 Å². The van der Waals surface area contributed by atoms with E-state index in [-0.39, 0.29) is 35.2 Å². The second-order valence-electron chi connectivity index (χ2n) is 10.8. The Labute approximate surface area is 266 Å². The summed E-state index contributed by atoms with van der Waals surface area (Å²) in [6.45, 7) is 4.61. The fourth-order valence-electron chi connectivity index (χ4n) is 4.72. The van der Waals surface area contributed by atoms with E-state index in [1.807, 2.05) is 51.1 Å². The van der Waals surface area contributed by atoms with Gasteiger partial charge in [-0.05, 0) is 68.8 Å². The number of carbonyl (C=O) groups excluding carboxylic acids is 2. The molecule has 4 rings (SSSR count). The van der Waals surface area contributed by atoms with Crippen LogP contribution in [0.25, 0.3) is 0 Å². The Hall–Kier alpha value is -4.02. The zero-order chi connectivity index (χ0) is 31.9. The molecule has 0 aliphatic carbocycles. The van der Waals surface area contributed by atoms with Crippen LogP contribution in [0.2, 0.25) is 0 Å². The molecule has 0 spiro atoms. The number of benzene rings is 4. The largest absolute Gasteiger partial charge is 0.352 e. The molecule has 0 radical (unpaired) electrons. The Morgan fingerprint density at radius 2 is 1.48 bits per heavy atom. The van der Waals surface area contributed by atoms with E-state index >= 15 is 0 Å². The minimum absolute atomic E-state index is 0.0119. The van der Waals surface area contributed by atoms with Crippen molar-refractivity contribution < 1.29 is 22.4 Å². The van der Waals surface area contributed by atoms with Gasteiger partial charge in [-0.2, -0.15) is 0 Å². The van der Waals surface area contributed by atoms with Crippen LogP contribution < -0.4 is 9.62 Å². The first-order chi connectivity index (χ1) is 21.0. The Morgan fingerprint density at radius 3 is 2.09 bits per heavy atom. The molecule has 2 amide bonds. The third-order valence-corrected chi connectivity index (χ3v) is 9.32. The lowest BCUT2D eigenvalue weighted by atomic mass is 10.0. The van der Waals surface area contributed by atoms with Gasteiger partial charge in [0.05, 0.1) is 10.6 Å². The summed E-state index contributed by atoms with van der Waals surface area (Å²) in [4.78, 5) is 29.3. The molecule has 7 nitrogen and oxygen atoms in total. The predicted octanol–water partition coefficient (Wildman–Crippen LogP) is 6.26. The van der Waals surface area contributed by atoms with Crippen LogP contribution in [0.3, 0.4) is 0 Å². The summed E-state index contributed by atoms with van der Waals surface area (Å²) >= 11 is 3.38. The number of halogens is 2. The smallest absolute Gasteiger partial charge is 0.264 e. The van der Waals surface area contributed by atoms with E-state index in [1.165, 1.54) is 23.1 Å². The van der Waals surface area contributed by atoms with Gasteiger partial charge in [0.2, 0.25) is 11.8 Å². The lowest BCUT2D eigenvalue weighted by Crippen LogP contribution is -2.54. The van der Waals surface area contributed by atoms with Crippen LogP contribution in [0.1, 0.15) is 30.5 Å². The van der Waals surface area contributed by atoms with Gasteiger partial charge in [0.15, 0.2) is 0 Å². The highest BCUT2D eigenvalue weighted by molar-refractivity contribution is 9.10. The van der Waals surface area contributed by atoms with E-state index in [4.69, 9.17) is 0 Å². The molecule has 0 aliphatic heterocycles. The minimum atomic E-state index is -4.22. The van der Waals surface area contributed by atoms with Gasteiger partial charge in [-0.25, -0.2) is 12.8 Å². The summed E-state index contributed by atoms with van der Waals surface area (Å²) < 4.78 is 44.8. The molecule has 1 unspecified atom stereocenters. The molecular formula is C34H35BrFN3O4S. The van der Waals surface area contributed by atoms with Gasteiger partial charge >= 0.3 is 0 Å². The summed E-state index contributed by atoms with van der Waals surface area (Å²) in [5, 5.41) is 2.89. The van der Waals surface area contributed by atoms with Crippen molar-refractivity contribution >= 4 is 43.5 Å². The van der Waals surface area contributed by atoms with E-state index in [2.05, 4.69) is 21.2 Å². The van der Waals surface area contributed by atoms with Crippen LogP contribution in [0, 0.1) is 12.7 Å². The lowest BCUT2D eigenvalue weighted by molar-refractivity contribution is -0.140. The average molecular weight is 681 g/mol. The summed E-state index contributed by atoms with van der Waals surface area (Å²) in [5.74, 6) is -1.62. The van der Waals surface area contributed by atoms with Crippen molar-refractivity contribution in [3.8, 4) is 0 Å². The van der Waals surface area contributed by atoms with Crippen LogP contribution in [-0.2, 0) is 32.6 Å². The molecule has 0 bridgehead atoms. The molecule has 0 saturated carbocycles. The maximum atomic E-state index is 15.0. The average Bonchev–Trinajstić information content (AvgIpc) is 2.99. The molecule has 0 aliphatic rings. The Kier molecular flexibility index (Phi) is 10.9. The molecule has 1 N–H and O–H groups in total. The van der Waals surface area contributed by atoms with Crippen LogP contribution in [0.4, 0.5) is 10.1 Å². The fraction of sp³-hybridized carbons (Fsp3) is 0.235. The van der Waals surface area contributed by atoms with Crippen LogP contribution in [0.5, 0.6) is 0 Å². The molecule has 4 aromatic carbocycles. The number of nitrogens with one attached hydrogen (secondary N) is 1. The summed E-state index contributed by atoms with van der Waals surface area (Å²) in [6, 6.07) is 26.9. The molecule has 0 saturated heterocycles. The molecule has 1 atom stereocenters. The summed E-state index contributed by atoms with van der Waals surface area (Å²) in [6.07, 6.45) is 0.141. The molecule has 0 aromatic heterocycles. The zero-order valence-corrected chi connectivity index (χ0v) is 27.2. The van der Waals surface area contributed by atoms with Gasteiger partial charge in [0, 0.05) is 29.0 Å². The minimum Gasteiger partial charge on any atom is -0.352 e. The topological polar surface area (TPSA) is 86.8 Å². The van der Waals surface area contributed by atoms with E-state index < -0.39 is 40.2 Å². The number of nitrogens with zero attached hydrogens (tertiary/aromatic N) is 2. The number of rotatable bonds is 12. The molecule has 0 fully saturated rings. The predicted molar refractivity (Wildman–Crippen MR) is 174 cm³/mol. The second-order valence-corrected chi connectivity index (χ2v) is 13.6. The maximum absolute atomic E-state index is 15.0. The third kappa shape index (κ3) is 8.33. The van der Waals surface area contributed by atoms with E-state index in [0.29, 0.717) is 0 Å².